The van der Waals surface area contributed by atoms with E-state index >= 15 is 0 Å². The number of carbonyl (C=O) groups is 3. The second-order valence-electron chi connectivity index (χ2n) is 7.11. The maximum atomic E-state index is 12.5. The van der Waals surface area contributed by atoms with E-state index < -0.39 is 0 Å². The van der Waals surface area contributed by atoms with Gasteiger partial charge in [-0.25, -0.2) is 4.79 Å². The molecule has 4 amide bonds. The van der Waals surface area contributed by atoms with Gasteiger partial charge in [-0.1, -0.05) is 30.3 Å². The summed E-state index contributed by atoms with van der Waals surface area (Å²) in [6, 6.07) is 9.39. The third-order valence-electron chi connectivity index (χ3n) is 5.58. The highest BCUT2D eigenvalue weighted by Gasteiger charge is 2.51. The number of imide groups is 1. The van der Waals surface area contributed by atoms with E-state index in [0.717, 1.165) is 24.8 Å². The predicted molar refractivity (Wildman–Crippen MR) is 91.7 cm³/mol. The molecule has 0 spiro atoms. The quantitative estimate of drug-likeness (QED) is 0.783. The molecule has 3 aliphatic rings. The average molecular weight is 341 g/mol. The molecular formula is C19H23N3O3. The third-order valence-corrected chi connectivity index (χ3v) is 5.58. The molecule has 4 rings (SSSR count). The molecule has 1 aromatic carbocycles. The Morgan fingerprint density at radius 2 is 1.88 bits per heavy atom. The van der Waals surface area contributed by atoms with Crippen LogP contribution in [0.5, 0.6) is 0 Å². The van der Waals surface area contributed by atoms with E-state index in [1.807, 2.05) is 30.3 Å². The first-order valence-electron chi connectivity index (χ1n) is 9.10. The fourth-order valence-corrected chi connectivity index (χ4v) is 4.21. The van der Waals surface area contributed by atoms with Crippen molar-refractivity contribution in [3.05, 3.63) is 35.9 Å². The number of urea groups is 1. The fraction of sp³-hybridized carbons (Fsp3) is 0.526. The topological polar surface area (TPSA) is 60.9 Å². The Balaban J connectivity index is 1.34. The van der Waals surface area contributed by atoms with Crippen LogP contribution in [0.15, 0.2) is 30.3 Å². The lowest BCUT2D eigenvalue weighted by Crippen LogP contribution is -2.44. The molecule has 25 heavy (non-hydrogen) atoms. The molecule has 3 aliphatic heterocycles. The van der Waals surface area contributed by atoms with Gasteiger partial charge in [-0.3, -0.25) is 14.5 Å². The smallest absolute Gasteiger partial charge is 0.327 e. The molecule has 0 radical (unpaired) electrons. The lowest BCUT2D eigenvalue weighted by Gasteiger charge is -2.23. The summed E-state index contributed by atoms with van der Waals surface area (Å²) in [6.45, 7) is 1.78. The summed E-state index contributed by atoms with van der Waals surface area (Å²) in [5.41, 5.74) is 1.15. The van der Waals surface area contributed by atoms with E-state index in [4.69, 9.17) is 0 Å². The summed E-state index contributed by atoms with van der Waals surface area (Å²) in [6.07, 6.45) is 3.55. The van der Waals surface area contributed by atoms with Crippen molar-refractivity contribution in [2.45, 2.75) is 44.2 Å². The van der Waals surface area contributed by atoms with Crippen LogP contribution in [0.2, 0.25) is 0 Å². The van der Waals surface area contributed by atoms with Crippen molar-refractivity contribution in [1.82, 2.24) is 14.7 Å². The molecule has 3 heterocycles. The normalized spacial score (nSPS) is 25.8. The van der Waals surface area contributed by atoms with Crippen molar-refractivity contribution in [2.75, 3.05) is 19.6 Å². The van der Waals surface area contributed by atoms with Gasteiger partial charge in [0.1, 0.15) is 6.04 Å². The monoisotopic (exact) mass is 341 g/mol. The van der Waals surface area contributed by atoms with Gasteiger partial charge in [0.25, 0.3) is 5.91 Å². The maximum absolute atomic E-state index is 12.5. The van der Waals surface area contributed by atoms with Crippen molar-refractivity contribution in [2.24, 2.45) is 0 Å². The Bertz CT molecular complexity index is 668. The number of amides is 4. The second kappa shape index (κ2) is 6.50. The molecule has 3 fully saturated rings. The number of aryl methyl sites for hydroxylation is 1. The number of benzene rings is 1. The summed E-state index contributed by atoms with van der Waals surface area (Å²) >= 11 is 0. The van der Waals surface area contributed by atoms with Gasteiger partial charge in [-0.2, -0.15) is 0 Å². The summed E-state index contributed by atoms with van der Waals surface area (Å²) in [4.78, 5) is 42.4. The minimum atomic E-state index is -0.254. The molecule has 3 saturated heterocycles. The van der Waals surface area contributed by atoms with Gasteiger partial charge in [0.15, 0.2) is 0 Å². The molecule has 6 heteroatoms. The highest BCUT2D eigenvalue weighted by molar-refractivity contribution is 6.05. The Labute approximate surface area is 147 Å². The Kier molecular flexibility index (Phi) is 4.19. The number of hydrogen-bond donors (Lipinski definition) is 0. The van der Waals surface area contributed by atoms with E-state index in [9.17, 15) is 14.4 Å². The van der Waals surface area contributed by atoms with E-state index in [1.165, 1.54) is 4.90 Å². The van der Waals surface area contributed by atoms with E-state index in [1.54, 1.807) is 9.80 Å². The molecule has 0 N–H and O–H groups in total. The summed E-state index contributed by atoms with van der Waals surface area (Å²) in [7, 11) is 0. The molecule has 0 aliphatic carbocycles. The highest BCUT2D eigenvalue weighted by Crippen LogP contribution is 2.31. The molecule has 2 atom stereocenters. The number of likely N-dealkylation sites (tertiary alicyclic amines) is 1. The Morgan fingerprint density at radius 1 is 1.08 bits per heavy atom. The van der Waals surface area contributed by atoms with Crippen LogP contribution in [0.1, 0.15) is 31.2 Å². The fourth-order valence-electron chi connectivity index (χ4n) is 4.21. The van der Waals surface area contributed by atoms with Crippen LogP contribution in [0.4, 0.5) is 4.79 Å². The maximum Gasteiger partial charge on any atom is 0.327 e. The number of hydrogen-bond acceptors (Lipinski definition) is 3. The highest BCUT2D eigenvalue weighted by atomic mass is 16.2. The van der Waals surface area contributed by atoms with Crippen LogP contribution in [0.3, 0.4) is 0 Å². The van der Waals surface area contributed by atoms with E-state index in [-0.39, 0.29) is 29.9 Å². The first-order chi connectivity index (χ1) is 12.1. The van der Waals surface area contributed by atoms with Crippen LogP contribution in [0, 0.1) is 0 Å². The average Bonchev–Trinajstić information content (AvgIpc) is 3.33. The first-order valence-corrected chi connectivity index (χ1v) is 9.10. The molecule has 6 nitrogen and oxygen atoms in total. The lowest BCUT2D eigenvalue weighted by atomic mass is 10.1. The first kappa shape index (κ1) is 16.1. The number of carbonyl (C=O) groups excluding carboxylic acids is 3. The van der Waals surface area contributed by atoms with Gasteiger partial charge in [-0.15, -0.1) is 0 Å². The number of fused-ring (bicyclic) bond motifs is 1. The second-order valence-corrected chi connectivity index (χ2v) is 7.11. The van der Waals surface area contributed by atoms with Crippen molar-refractivity contribution in [1.29, 1.82) is 0 Å². The van der Waals surface area contributed by atoms with Gasteiger partial charge in [-0.05, 0) is 31.2 Å². The van der Waals surface area contributed by atoms with Crippen molar-refractivity contribution in [3.63, 3.8) is 0 Å². The number of rotatable bonds is 4. The molecule has 0 saturated carbocycles. The van der Waals surface area contributed by atoms with Crippen LogP contribution in [-0.4, -0.2) is 64.3 Å². The van der Waals surface area contributed by atoms with Crippen molar-refractivity contribution < 1.29 is 14.4 Å². The van der Waals surface area contributed by atoms with Crippen molar-refractivity contribution >= 4 is 17.8 Å². The van der Waals surface area contributed by atoms with Gasteiger partial charge in [0.2, 0.25) is 5.91 Å². The van der Waals surface area contributed by atoms with Crippen LogP contribution in [0.25, 0.3) is 0 Å². The zero-order valence-corrected chi connectivity index (χ0v) is 14.3. The molecule has 0 bridgehead atoms. The molecular weight excluding hydrogens is 318 g/mol. The van der Waals surface area contributed by atoms with Gasteiger partial charge >= 0.3 is 6.03 Å². The number of nitrogens with zero attached hydrogens (tertiary/aromatic N) is 3. The van der Waals surface area contributed by atoms with E-state index in [2.05, 4.69) is 0 Å². The summed E-state index contributed by atoms with van der Waals surface area (Å²) in [5, 5.41) is 0. The SMILES string of the molecule is O=C(CCc1ccccc1)N1CC[C@@H](N2C(=O)[C@@H]3CCCN3C2=O)C1. The summed E-state index contributed by atoms with van der Waals surface area (Å²) < 4.78 is 0. The lowest BCUT2D eigenvalue weighted by molar-refractivity contribution is -0.132. The third kappa shape index (κ3) is 2.90. The zero-order chi connectivity index (χ0) is 17.4. The minimum absolute atomic E-state index is 0.0638. The zero-order valence-electron chi connectivity index (χ0n) is 14.3. The van der Waals surface area contributed by atoms with Gasteiger partial charge < -0.3 is 9.80 Å². The van der Waals surface area contributed by atoms with Crippen LogP contribution < -0.4 is 0 Å². The molecule has 1 aromatic rings. The Morgan fingerprint density at radius 3 is 2.64 bits per heavy atom. The molecule has 132 valence electrons. The van der Waals surface area contributed by atoms with Crippen LogP contribution >= 0.6 is 0 Å². The van der Waals surface area contributed by atoms with Gasteiger partial charge in [0, 0.05) is 26.1 Å². The summed E-state index contributed by atoms with van der Waals surface area (Å²) in [5.74, 6) is 0.0389. The Hall–Kier alpha value is -2.37. The van der Waals surface area contributed by atoms with Crippen LogP contribution in [-0.2, 0) is 16.0 Å². The standard InChI is InChI=1S/C19H23N3O3/c23-17(9-8-14-5-2-1-3-6-14)20-12-10-15(13-20)22-18(24)16-7-4-11-21(16)19(22)25/h1-3,5-6,15-16H,4,7-13H2/t15-,16+/m1/s1. The van der Waals surface area contributed by atoms with Gasteiger partial charge in [0.05, 0.1) is 6.04 Å². The molecule has 0 unspecified atom stereocenters. The van der Waals surface area contributed by atoms with Crippen molar-refractivity contribution in [3.8, 4) is 0 Å². The predicted octanol–water partition coefficient (Wildman–Crippen LogP) is 1.65. The molecule has 0 aromatic heterocycles. The largest absolute Gasteiger partial charge is 0.341 e. The minimum Gasteiger partial charge on any atom is -0.341 e. The van der Waals surface area contributed by atoms with E-state index in [0.29, 0.717) is 32.5 Å².